The molecule has 4 aromatic rings. The van der Waals surface area contributed by atoms with E-state index >= 15 is 0 Å². The molecule has 0 aromatic heterocycles. The van der Waals surface area contributed by atoms with Crippen LogP contribution in [0.1, 0.15) is 28.4 Å². The summed E-state index contributed by atoms with van der Waals surface area (Å²) in [5, 5.41) is 43.4. The van der Waals surface area contributed by atoms with E-state index in [9.17, 15) is 20.2 Å². The van der Waals surface area contributed by atoms with Crippen LogP contribution in [0.2, 0.25) is 0 Å². The van der Waals surface area contributed by atoms with Crippen molar-refractivity contribution >= 4 is 29.0 Å². The zero-order valence-electron chi connectivity index (χ0n) is 22.3. The van der Waals surface area contributed by atoms with E-state index in [4.69, 9.17) is 4.74 Å². The van der Waals surface area contributed by atoms with Gasteiger partial charge in [0.1, 0.15) is 5.75 Å². The number of nitrogens with zero attached hydrogens (tertiary/aromatic N) is 3. The molecule has 10 heteroatoms. The zero-order valence-corrected chi connectivity index (χ0v) is 23.7. The fraction of sp³-hybridized carbons (Fsp3) is 0.0645. The van der Waals surface area contributed by atoms with E-state index in [1.807, 2.05) is 6.07 Å². The number of allylic oxidation sites excluding steroid dienone is 1. The van der Waals surface area contributed by atoms with E-state index in [1.54, 1.807) is 123 Å². The van der Waals surface area contributed by atoms with Gasteiger partial charge in [-0.25, -0.2) is 0 Å². The second kappa shape index (κ2) is 17.8. The van der Waals surface area contributed by atoms with Crippen molar-refractivity contribution < 1.29 is 43.8 Å². The summed E-state index contributed by atoms with van der Waals surface area (Å²) < 4.78 is 5.02. The Morgan fingerprint density at radius 1 is 0.732 bits per heavy atom. The maximum atomic E-state index is 12.0. The van der Waals surface area contributed by atoms with E-state index in [0.29, 0.717) is 38.9 Å². The van der Waals surface area contributed by atoms with E-state index in [1.165, 1.54) is 6.08 Å². The smallest absolute Gasteiger partial charge is 0.247 e. The van der Waals surface area contributed by atoms with Gasteiger partial charge in [-0.3, -0.25) is 4.79 Å². The molecule has 0 atom stereocenters. The number of carbonyl (C=O) groups is 1. The number of ether oxygens (including phenoxy) is 1. The van der Waals surface area contributed by atoms with Gasteiger partial charge in [0.2, 0.25) is 5.91 Å². The van der Waals surface area contributed by atoms with Gasteiger partial charge in [0.25, 0.3) is 0 Å². The third-order valence-electron chi connectivity index (χ3n) is 5.23. The predicted molar refractivity (Wildman–Crippen MR) is 151 cm³/mol. The van der Waals surface area contributed by atoms with E-state index in [-0.39, 0.29) is 29.8 Å². The largest absolute Gasteiger partial charge is 2.00 e. The van der Waals surface area contributed by atoms with Crippen molar-refractivity contribution in [3.63, 3.8) is 0 Å². The second-order valence-corrected chi connectivity index (χ2v) is 8.05. The summed E-state index contributed by atoms with van der Waals surface area (Å²) in [4.78, 5) is 11.8. The van der Waals surface area contributed by atoms with Crippen LogP contribution >= 0.6 is 0 Å². The van der Waals surface area contributed by atoms with E-state index in [0.717, 1.165) is 0 Å². The van der Waals surface area contributed by atoms with Crippen molar-refractivity contribution in [1.82, 2.24) is 0 Å². The molecule has 0 aliphatic carbocycles. The van der Waals surface area contributed by atoms with Gasteiger partial charge in [-0.15, -0.1) is 0 Å². The summed E-state index contributed by atoms with van der Waals surface area (Å²) in [5.74, 6) is -0.554. The molecule has 0 saturated carbocycles. The van der Waals surface area contributed by atoms with Crippen LogP contribution in [0.15, 0.2) is 132 Å². The molecule has 0 saturated heterocycles. The maximum absolute atomic E-state index is 12.0. The van der Waals surface area contributed by atoms with Crippen molar-refractivity contribution in [3.8, 4) is 5.75 Å². The van der Waals surface area contributed by atoms with Crippen molar-refractivity contribution in [1.29, 1.82) is 0 Å². The molecule has 0 unspecified atom stereocenters. The Morgan fingerprint density at radius 2 is 1.22 bits per heavy atom. The van der Waals surface area contributed by atoms with Gasteiger partial charge in [-0.2, -0.15) is 10.2 Å². The predicted octanol–water partition coefficient (Wildman–Crippen LogP) is 4.29. The van der Waals surface area contributed by atoms with Crippen molar-refractivity contribution in [3.05, 3.63) is 143 Å². The number of para-hydroxylation sites is 1. The molecule has 211 valence electrons. The second-order valence-electron chi connectivity index (χ2n) is 8.05. The van der Waals surface area contributed by atoms with Crippen LogP contribution in [-0.4, -0.2) is 24.6 Å². The Morgan fingerprint density at radius 3 is 1.73 bits per heavy atom. The summed E-state index contributed by atoms with van der Waals surface area (Å²) >= 11 is 0. The van der Waals surface area contributed by atoms with Gasteiger partial charge in [0.05, 0.1) is 12.8 Å². The molecule has 0 aliphatic heterocycles. The van der Waals surface area contributed by atoms with Crippen LogP contribution in [0.25, 0.3) is 5.76 Å². The first-order valence-corrected chi connectivity index (χ1v) is 11.9. The molecular weight excluding hydrogens is 561 g/mol. The van der Waals surface area contributed by atoms with Crippen LogP contribution < -0.4 is 20.0 Å². The summed E-state index contributed by atoms with van der Waals surface area (Å²) in [6.45, 7) is 1.62. The molecule has 4 rings (SSSR count). The van der Waals surface area contributed by atoms with Crippen LogP contribution in [0.5, 0.6) is 5.75 Å². The summed E-state index contributed by atoms with van der Waals surface area (Å²) in [5.41, 5.74) is 2.05. The molecule has 0 spiro atoms. The number of methoxy groups -OCH3 is 1. The molecule has 0 N–H and O–H groups in total. The van der Waals surface area contributed by atoms with Crippen LogP contribution in [0.4, 0.5) is 5.69 Å². The molecule has 1 radical (unpaired) electrons. The first-order chi connectivity index (χ1) is 18.9. The minimum absolute atomic E-state index is 0. The van der Waals surface area contributed by atoms with E-state index in [2.05, 4.69) is 10.2 Å². The Bertz CT molecular complexity index is 1430. The van der Waals surface area contributed by atoms with Crippen molar-refractivity contribution in [2.75, 3.05) is 12.2 Å². The first kappa shape index (κ1) is 34.4. The number of hydroxylamine groups is 1. The van der Waals surface area contributed by atoms with E-state index < -0.39 is 11.8 Å². The summed E-state index contributed by atoms with van der Waals surface area (Å²) in [7, 11) is 1.55. The quantitative estimate of drug-likeness (QED) is 0.137. The number of hydrogen-bond donors (Lipinski definition) is 0. The minimum Gasteiger partial charge on any atom is -2.00 e. The topological polar surface area (TPSA) is 152 Å². The Hall–Kier alpha value is -4.67. The zero-order chi connectivity index (χ0) is 28.0. The van der Waals surface area contributed by atoms with Gasteiger partial charge in [-0.05, 0) is 60.5 Å². The molecule has 0 aliphatic rings. The Labute approximate surface area is 250 Å². The fourth-order valence-electron chi connectivity index (χ4n) is 3.20. The van der Waals surface area contributed by atoms with Gasteiger partial charge < -0.3 is 30.7 Å². The molecule has 41 heavy (non-hydrogen) atoms. The van der Waals surface area contributed by atoms with Gasteiger partial charge in [0.15, 0.2) is 0 Å². The molecule has 0 heterocycles. The fourth-order valence-corrected chi connectivity index (χ4v) is 3.20. The number of carbonyl (C=O) groups excluding carboxylic acids is 1. The van der Waals surface area contributed by atoms with Gasteiger partial charge in [-0.1, -0.05) is 84.6 Å². The third kappa shape index (κ3) is 10.8. The van der Waals surface area contributed by atoms with Crippen LogP contribution in [0.3, 0.4) is 0 Å². The first-order valence-electron chi connectivity index (χ1n) is 11.9. The normalized spacial score (nSPS) is 11.1. The standard InChI is InChI=1S/C18H18N2O3.C13H10NO2.O.V/c1-13(12-17(21)14-6-4-3-5-7-14)19-20-18(22)15-8-10-16(23-2)11-9-15;15-13(11-7-3-1-4-8-11)14(16)12-9-5-2-6-10-12;;/h3-12,21H,1-2H3,(H,20,22);1-10H;;/q;-1;-2;/p-2/b17-12-,19-13+;;;. The van der Waals surface area contributed by atoms with Crippen LogP contribution in [0, 0.1) is 5.21 Å². The molecule has 1 amide bonds. The number of benzene rings is 4. The number of amides is 1. The number of rotatable bonds is 7. The number of hydrogen-bond acceptors (Lipinski definition) is 7. The van der Waals surface area contributed by atoms with Crippen molar-refractivity contribution in [2.24, 2.45) is 10.2 Å². The minimum atomic E-state index is -0.549. The molecule has 0 fully saturated rings. The molecule has 4 aromatic carbocycles. The average molecular weight is 588 g/mol. The Kier molecular flexibility index (Phi) is 14.9. The SMILES string of the molecule is COc1ccc(/C([O-])=N/N=C(C)/C=C(\[O-])c2ccccc2)cc1.O=C(c1ccccc1)N([O-])c1ccccc1.[O-2].[V]. The molecule has 0 bridgehead atoms. The maximum Gasteiger partial charge on any atom is 0.247 e. The van der Waals surface area contributed by atoms with Gasteiger partial charge >= 0.3 is 0 Å². The molecule has 9 nitrogen and oxygen atoms in total. The van der Waals surface area contributed by atoms with Crippen molar-refractivity contribution in [2.45, 2.75) is 6.92 Å². The van der Waals surface area contributed by atoms with Crippen LogP contribution in [-0.2, 0) is 24.0 Å². The monoisotopic (exact) mass is 587 g/mol. The third-order valence-corrected chi connectivity index (χ3v) is 5.23. The summed E-state index contributed by atoms with van der Waals surface area (Å²) in [6, 6.07) is 32.3. The average Bonchev–Trinajstić information content (AvgIpc) is 3.00. The summed E-state index contributed by atoms with van der Waals surface area (Å²) in [6.07, 6.45) is 1.35. The van der Waals surface area contributed by atoms with Gasteiger partial charge in [0, 0.05) is 35.7 Å². The number of anilines is 1. The Balaban J connectivity index is 0.000000413. The molecular formula is C31H26N3O6V-5.